The number of aldehydes is 1. The predicted molar refractivity (Wildman–Crippen MR) is 87.6 cm³/mol. The summed E-state index contributed by atoms with van der Waals surface area (Å²) in [5.74, 6) is 1.51. The Balaban J connectivity index is 1.67. The van der Waals surface area contributed by atoms with Crippen molar-refractivity contribution in [1.29, 1.82) is 0 Å². The van der Waals surface area contributed by atoms with Gasteiger partial charge in [0.2, 0.25) is 0 Å². The molecule has 0 unspecified atom stereocenters. The summed E-state index contributed by atoms with van der Waals surface area (Å²) in [4.78, 5) is 10.6. The van der Waals surface area contributed by atoms with Gasteiger partial charge in [0.15, 0.2) is 0 Å². The highest BCUT2D eigenvalue weighted by atomic mass is 16.5. The number of hydrogen-bond acceptors (Lipinski definition) is 2. The molecule has 0 radical (unpaired) electrons. The third kappa shape index (κ3) is 3.61. The van der Waals surface area contributed by atoms with Crippen molar-refractivity contribution < 1.29 is 9.53 Å². The molecule has 0 aliphatic rings. The minimum absolute atomic E-state index is 0.644. The number of rotatable bonds is 5. The molecule has 0 spiro atoms. The van der Waals surface area contributed by atoms with Gasteiger partial charge in [0.05, 0.1) is 0 Å². The maximum Gasteiger partial charge on any atom is 0.150 e. The van der Waals surface area contributed by atoms with Crippen LogP contribution < -0.4 is 4.74 Å². The summed E-state index contributed by atoms with van der Waals surface area (Å²) in [7, 11) is 0. The number of benzene rings is 3. The van der Waals surface area contributed by atoms with E-state index in [1.165, 1.54) is 11.1 Å². The molecule has 22 heavy (non-hydrogen) atoms. The molecule has 2 heteroatoms. The van der Waals surface area contributed by atoms with Gasteiger partial charge >= 0.3 is 0 Å². The Hall–Kier alpha value is -2.87. The fourth-order valence-corrected chi connectivity index (χ4v) is 2.26. The van der Waals surface area contributed by atoms with Gasteiger partial charge in [0.25, 0.3) is 0 Å². The smallest absolute Gasteiger partial charge is 0.150 e. The standard InChI is InChI=1S/C20H16O2/c21-15-18-8-12-20(13-9-18)22-19-10-6-17(7-11-19)14-16-4-2-1-3-5-16/h1-13,15H,14H2. The molecule has 3 rings (SSSR count). The van der Waals surface area contributed by atoms with E-state index in [4.69, 9.17) is 4.74 Å². The second-order valence-electron chi connectivity index (χ2n) is 5.10. The minimum Gasteiger partial charge on any atom is -0.457 e. The first kappa shape index (κ1) is 14.1. The van der Waals surface area contributed by atoms with Crippen LogP contribution in [0.15, 0.2) is 78.9 Å². The van der Waals surface area contributed by atoms with Crippen LogP contribution in [0.5, 0.6) is 11.5 Å². The van der Waals surface area contributed by atoms with Crippen molar-refractivity contribution in [2.45, 2.75) is 6.42 Å². The van der Waals surface area contributed by atoms with E-state index >= 15 is 0 Å². The van der Waals surface area contributed by atoms with Crippen LogP contribution in [0.3, 0.4) is 0 Å². The van der Waals surface area contributed by atoms with Crippen LogP contribution in [-0.4, -0.2) is 6.29 Å². The highest BCUT2D eigenvalue weighted by Crippen LogP contribution is 2.22. The van der Waals surface area contributed by atoms with Gasteiger partial charge in [0, 0.05) is 5.56 Å². The molecule has 0 fully saturated rings. The molecule has 0 atom stereocenters. The van der Waals surface area contributed by atoms with E-state index in [0.29, 0.717) is 5.56 Å². The van der Waals surface area contributed by atoms with Crippen LogP contribution in [0.4, 0.5) is 0 Å². The lowest BCUT2D eigenvalue weighted by Gasteiger charge is -2.07. The summed E-state index contributed by atoms with van der Waals surface area (Å²) >= 11 is 0. The molecule has 0 amide bonds. The Bertz CT molecular complexity index is 729. The highest BCUT2D eigenvalue weighted by Gasteiger charge is 2.00. The van der Waals surface area contributed by atoms with Crippen molar-refractivity contribution in [3.05, 3.63) is 95.6 Å². The highest BCUT2D eigenvalue weighted by molar-refractivity contribution is 5.74. The summed E-state index contributed by atoms with van der Waals surface area (Å²) in [6.07, 6.45) is 1.73. The average molecular weight is 288 g/mol. The molecule has 2 nitrogen and oxygen atoms in total. The molecule has 3 aromatic rings. The predicted octanol–water partition coefficient (Wildman–Crippen LogP) is 4.88. The molecule has 0 N–H and O–H groups in total. The maximum atomic E-state index is 10.6. The van der Waals surface area contributed by atoms with Crippen molar-refractivity contribution in [2.75, 3.05) is 0 Å². The van der Waals surface area contributed by atoms with Gasteiger partial charge < -0.3 is 4.74 Å². The SMILES string of the molecule is O=Cc1ccc(Oc2ccc(Cc3ccccc3)cc2)cc1. The molecule has 0 heterocycles. The van der Waals surface area contributed by atoms with Crippen LogP contribution in [-0.2, 0) is 6.42 Å². The lowest BCUT2D eigenvalue weighted by atomic mass is 10.1. The van der Waals surface area contributed by atoms with E-state index in [9.17, 15) is 4.79 Å². The van der Waals surface area contributed by atoms with E-state index in [1.807, 2.05) is 18.2 Å². The lowest BCUT2D eigenvalue weighted by molar-refractivity contribution is 0.112. The molecule has 0 aliphatic heterocycles. The number of carbonyl (C=O) groups excluding carboxylic acids is 1. The van der Waals surface area contributed by atoms with Gasteiger partial charge in [-0.2, -0.15) is 0 Å². The first-order chi connectivity index (χ1) is 10.8. The van der Waals surface area contributed by atoms with Crippen molar-refractivity contribution >= 4 is 6.29 Å². The van der Waals surface area contributed by atoms with Crippen molar-refractivity contribution in [1.82, 2.24) is 0 Å². The molecule has 0 aliphatic carbocycles. The fraction of sp³-hybridized carbons (Fsp3) is 0.0500. The Kier molecular flexibility index (Phi) is 4.30. The molecule has 0 saturated carbocycles. The van der Waals surface area contributed by atoms with Crippen LogP contribution in [0.25, 0.3) is 0 Å². The molecular weight excluding hydrogens is 272 g/mol. The third-order valence-electron chi connectivity index (χ3n) is 3.43. The normalized spacial score (nSPS) is 10.2. The zero-order valence-electron chi connectivity index (χ0n) is 12.1. The van der Waals surface area contributed by atoms with E-state index in [0.717, 1.165) is 24.2 Å². The average Bonchev–Trinajstić information content (AvgIpc) is 2.58. The summed E-state index contributed by atoms with van der Waals surface area (Å²) in [5.41, 5.74) is 3.18. The van der Waals surface area contributed by atoms with Crippen LogP contribution in [0.2, 0.25) is 0 Å². The van der Waals surface area contributed by atoms with E-state index in [2.05, 4.69) is 36.4 Å². The third-order valence-corrected chi connectivity index (χ3v) is 3.43. The molecule has 0 aromatic heterocycles. The monoisotopic (exact) mass is 288 g/mol. The zero-order chi connectivity index (χ0) is 15.2. The largest absolute Gasteiger partial charge is 0.457 e. The first-order valence-corrected chi connectivity index (χ1v) is 7.19. The van der Waals surface area contributed by atoms with Gasteiger partial charge in [-0.05, 0) is 53.9 Å². The summed E-state index contributed by atoms with van der Waals surface area (Å²) in [5, 5.41) is 0. The van der Waals surface area contributed by atoms with Crippen LogP contribution in [0.1, 0.15) is 21.5 Å². The fourth-order valence-electron chi connectivity index (χ4n) is 2.26. The second kappa shape index (κ2) is 6.72. The Labute approximate surface area is 130 Å². The summed E-state index contributed by atoms with van der Waals surface area (Å²) in [6, 6.07) is 25.5. The molecule has 108 valence electrons. The van der Waals surface area contributed by atoms with Gasteiger partial charge in [0.1, 0.15) is 17.8 Å². The van der Waals surface area contributed by atoms with Crippen molar-refractivity contribution in [2.24, 2.45) is 0 Å². The van der Waals surface area contributed by atoms with Gasteiger partial charge in [-0.1, -0.05) is 42.5 Å². The Morgan fingerprint density at radius 2 is 1.23 bits per heavy atom. The van der Waals surface area contributed by atoms with E-state index in [1.54, 1.807) is 24.3 Å². The zero-order valence-corrected chi connectivity index (χ0v) is 12.1. The number of ether oxygens (including phenoxy) is 1. The first-order valence-electron chi connectivity index (χ1n) is 7.19. The molecule has 0 bridgehead atoms. The van der Waals surface area contributed by atoms with Crippen molar-refractivity contribution in [3.63, 3.8) is 0 Å². The number of hydrogen-bond donors (Lipinski definition) is 0. The van der Waals surface area contributed by atoms with Crippen LogP contribution in [0, 0.1) is 0 Å². The number of carbonyl (C=O) groups is 1. The maximum absolute atomic E-state index is 10.6. The quantitative estimate of drug-likeness (QED) is 0.625. The second-order valence-corrected chi connectivity index (χ2v) is 5.10. The minimum atomic E-state index is 0.644. The summed E-state index contributed by atoms with van der Waals surface area (Å²) in [6.45, 7) is 0. The summed E-state index contributed by atoms with van der Waals surface area (Å²) < 4.78 is 5.77. The van der Waals surface area contributed by atoms with Gasteiger partial charge in [-0.25, -0.2) is 0 Å². The topological polar surface area (TPSA) is 26.3 Å². The van der Waals surface area contributed by atoms with Gasteiger partial charge in [-0.3, -0.25) is 4.79 Å². The lowest BCUT2D eigenvalue weighted by Crippen LogP contribution is -1.89. The van der Waals surface area contributed by atoms with Crippen molar-refractivity contribution in [3.8, 4) is 11.5 Å². The Morgan fingerprint density at radius 1 is 0.682 bits per heavy atom. The molecule has 0 saturated heterocycles. The molecular formula is C20H16O2. The molecule has 3 aromatic carbocycles. The van der Waals surface area contributed by atoms with E-state index in [-0.39, 0.29) is 0 Å². The van der Waals surface area contributed by atoms with E-state index < -0.39 is 0 Å². The Morgan fingerprint density at radius 3 is 1.82 bits per heavy atom. The van der Waals surface area contributed by atoms with Gasteiger partial charge in [-0.15, -0.1) is 0 Å². The van der Waals surface area contributed by atoms with Crippen LogP contribution >= 0.6 is 0 Å².